The number of benzene rings is 2. The lowest BCUT2D eigenvalue weighted by Gasteiger charge is -2.37. The number of amides is 8. The molecule has 2 fully saturated rings. The minimum Gasteiger partial charge on any atom is -0.391 e. The molecule has 2 aliphatic rings. The van der Waals surface area contributed by atoms with E-state index in [9.17, 15) is 53.1 Å². The van der Waals surface area contributed by atoms with E-state index in [0.29, 0.717) is 37.1 Å². The van der Waals surface area contributed by atoms with Crippen LogP contribution in [0.1, 0.15) is 151 Å². The molecule has 89 heavy (non-hydrogen) atoms. The van der Waals surface area contributed by atoms with Crippen LogP contribution in [-0.2, 0) is 70.3 Å². The van der Waals surface area contributed by atoms with Crippen LogP contribution in [0.4, 0.5) is 0 Å². The predicted octanol–water partition coefficient (Wildman–Crippen LogP) is 5.46. The van der Waals surface area contributed by atoms with Crippen molar-refractivity contribution in [3.8, 4) is 0 Å². The largest absolute Gasteiger partial charge is 0.391 e. The van der Waals surface area contributed by atoms with E-state index < -0.39 is 144 Å². The molecule has 0 aromatic heterocycles. The Kier molecular flexibility index (Phi) is 29.3. The van der Waals surface area contributed by atoms with Crippen LogP contribution in [0, 0.1) is 29.6 Å². The number of carbonyl (C=O) groups excluding carboxylic acids is 11. The van der Waals surface area contributed by atoms with E-state index in [4.69, 9.17) is 4.74 Å². The molecule has 8 amide bonds. The maximum Gasteiger partial charge on any atom is 0.245 e. The van der Waals surface area contributed by atoms with Crippen LogP contribution in [0.5, 0.6) is 0 Å². The van der Waals surface area contributed by atoms with Crippen LogP contribution in [-0.4, -0.2) is 209 Å². The first-order valence-corrected chi connectivity index (χ1v) is 31.9. The smallest absolute Gasteiger partial charge is 0.245 e. The summed E-state index contributed by atoms with van der Waals surface area (Å²) < 4.78 is 6.15. The molecular formula is C68H104N8O13. The minimum atomic E-state index is -1.54. The maximum absolute atomic E-state index is 15.1. The van der Waals surface area contributed by atoms with Gasteiger partial charge >= 0.3 is 0 Å². The van der Waals surface area contributed by atoms with Gasteiger partial charge in [0.25, 0.3) is 0 Å². The third kappa shape index (κ3) is 22.5. The summed E-state index contributed by atoms with van der Waals surface area (Å²) in [5.41, 5.74) is 0.599. The van der Waals surface area contributed by atoms with Gasteiger partial charge in [-0.1, -0.05) is 102 Å². The molecule has 2 saturated heterocycles. The summed E-state index contributed by atoms with van der Waals surface area (Å²) in [4.78, 5) is 169. The molecule has 2 heterocycles. The zero-order valence-corrected chi connectivity index (χ0v) is 55.8. The van der Waals surface area contributed by atoms with Gasteiger partial charge in [0, 0.05) is 93.4 Å². The molecule has 0 saturated carbocycles. The predicted molar refractivity (Wildman–Crippen MR) is 339 cm³/mol. The Balaban J connectivity index is 1.87. The van der Waals surface area contributed by atoms with Gasteiger partial charge in [-0.25, -0.2) is 0 Å². The van der Waals surface area contributed by atoms with Gasteiger partial charge in [0.2, 0.25) is 47.3 Å². The lowest BCUT2D eigenvalue weighted by Crippen LogP contribution is -2.59. The van der Waals surface area contributed by atoms with Crippen molar-refractivity contribution in [2.45, 2.75) is 201 Å². The Bertz CT molecular complexity index is 2730. The van der Waals surface area contributed by atoms with Crippen molar-refractivity contribution in [3.05, 3.63) is 71.8 Å². The standard InChI is InChI=1S/C68H104N8O13/c1-43(2)36-54-67(88)75(15)60(45(5)6)62(83)69-52(38-47-26-19-16-20-27-47)57(80)41-51(65(86)76-34-23-18-24-35-76)64(85)71(11)33-25-30-50(78)40-49(42-89-68(8,9)10)63(84)74(14)55(37-44(3)4)66(87)73(13)53(39-48-28-21-17-22-29-48)61(82)70-59(46(7)77)56(79)31-32-58(81)72(54)12/h16-17,19-22,26-29,43-46,49,51-55,59-60,77H,18,23-25,30-42H2,1-15H3,(H,69,83)(H,70,82)/t46-,49+,51+,52+,53+,54+,55+,59+,60+/m1/s1. The number of ketones is 3. The average Bonchev–Trinajstić information content (AvgIpc) is 1.98. The second kappa shape index (κ2) is 34.9. The third-order valence-corrected chi connectivity index (χ3v) is 16.9. The van der Waals surface area contributed by atoms with Crippen molar-refractivity contribution >= 4 is 64.6 Å². The molecule has 0 spiro atoms. The van der Waals surface area contributed by atoms with Crippen molar-refractivity contribution in [1.82, 2.24) is 40.0 Å². The number of aliphatic hydroxyl groups excluding tert-OH is 1. The topological polar surface area (TPSA) is 261 Å². The first kappa shape index (κ1) is 74.6. The summed E-state index contributed by atoms with van der Waals surface area (Å²) in [5, 5.41) is 16.7. The van der Waals surface area contributed by atoms with Gasteiger partial charge in [0.15, 0.2) is 11.6 Å². The number of likely N-dealkylation sites (tertiary alicyclic amines) is 1. The highest BCUT2D eigenvalue weighted by Gasteiger charge is 2.43. The first-order valence-electron chi connectivity index (χ1n) is 31.9. The molecule has 2 aromatic carbocycles. The van der Waals surface area contributed by atoms with E-state index in [1.54, 1.807) is 79.4 Å². The summed E-state index contributed by atoms with van der Waals surface area (Å²) in [6.45, 7) is 18.3. The number of nitrogens with zero attached hydrogens (tertiary/aromatic N) is 6. The van der Waals surface area contributed by atoms with Crippen LogP contribution in [0.15, 0.2) is 60.7 Å². The molecule has 4 rings (SSSR count). The summed E-state index contributed by atoms with van der Waals surface area (Å²) in [5.74, 6) is -10.1. The van der Waals surface area contributed by atoms with Crippen LogP contribution < -0.4 is 10.6 Å². The van der Waals surface area contributed by atoms with Crippen LogP contribution in [0.2, 0.25) is 0 Å². The lowest BCUT2D eigenvalue weighted by atomic mass is 9.91. The summed E-state index contributed by atoms with van der Waals surface area (Å²) in [7, 11) is 7.29. The molecular weight excluding hydrogens is 1140 g/mol. The Morgan fingerprint density at radius 2 is 1.10 bits per heavy atom. The van der Waals surface area contributed by atoms with Gasteiger partial charge in [0.1, 0.15) is 41.9 Å². The van der Waals surface area contributed by atoms with E-state index in [2.05, 4.69) is 10.6 Å². The van der Waals surface area contributed by atoms with Gasteiger partial charge < -0.3 is 49.9 Å². The molecule has 494 valence electrons. The highest BCUT2D eigenvalue weighted by Crippen LogP contribution is 2.26. The number of hydrogen-bond donors (Lipinski definition) is 3. The molecule has 2 aromatic rings. The van der Waals surface area contributed by atoms with Crippen molar-refractivity contribution in [2.24, 2.45) is 29.6 Å². The molecule has 21 nitrogen and oxygen atoms in total. The molecule has 0 unspecified atom stereocenters. The summed E-state index contributed by atoms with van der Waals surface area (Å²) >= 11 is 0. The van der Waals surface area contributed by atoms with Gasteiger partial charge in [0.05, 0.1) is 30.3 Å². The Hall–Kier alpha value is -6.87. The number of ether oxygens (including phenoxy) is 1. The van der Waals surface area contributed by atoms with E-state index in [1.807, 2.05) is 48.5 Å². The van der Waals surface area contributed by atoms with E-state index >= 15 is 4.79 Å². The van der Waals surface area contributed by atoms with Crippen molar-refractivity contribution in [2.75, 3.05) is 61.5 Å². The summed E-state index contributed by atoms with van der Waals surface area (Å²) in [6.07, 6.45) is -0.638. The van der Waals surface area contributed by atoms with E-state index in [0.717, 1.165) is 6.42 Å². The van der Waals surface area contributed by atoms with Gasteiger partial charge in [-0.15, -0.1) is 0 Å². The Morgan fingerprint density at radius 3 is 1.63 bits per heavy atom. The maximum atomic E-state index is 15.1. The molecule has 21 heteroatoms. The number of aliphatic hydroxyl groups is 1. The zero-order chi connectivity index (χ0) is 66.6. The molecule has 0 bridgehead atoms. The average molecular weight is 1240 g/mol. The molecule has 0 aliphatic carbocycles. The molecule has 3 N–H and O–H groups in total. The molecule has 0 radical (unpaired) electrons. The number of piperidine rings is 1. The van der Waals surface area contributed by atoms with Crippen molar-refractivity contribution < 1.29 is 62.6 Å². The van der Waals surface area contributed by atoms with Gasteiger partial charge in [-0.05, 0) is 102 Å². The number of hydrogen-bond acceptors (Lipinski definition) is 13. The number of rotatable bonds is 13. The van der Waals surface area contributed by atoms with E-state index in [1.165, 1.54) is 66.7 Å². The third-order valence-electron chi connectivity index (χ3n) is 16.9. The normalized spacial score (nSPS) is 24.9. The Labute approximate surface area is 528 Å². The van der Waals surface area contributed by atoms with E-state index in [-0.39, 0.29) is 75.7 Å². The fraction of sp³-hybridized carbons (Fsp3) is 0.662. The fourth-order valence-corrected chi connectivity index (χ4v) is 11.7. The van der Waals surface area contributed by atoms with Crippen LogP contribution >= 0.6 is 0 Å². The number of nitrogens with one attached hydrogen (secondary N) is 2. The second-order valence-electron chi connectivity index (χ2n) is 26.8. The van der Waals surface area contributed by atoms with Gasteiger partial charge in [-0.2, -0.15) is 0 Å². The van der Waals surface area contributed by atoms with Gasteiger partial charge in [-0.3, -0.25) is 52.7 Å². The molecule has 9 atom stereocenters. The Morgan fingerprint density at radius 1 is 0.573 bits per heavy atom. The number of Topliss-reactive ketones (excluding diaryl/α,β-unsaturated/α-hetero) is 3. The highest BCUT2D eigenvalue weighted by atomic mass is 16.5. The lowest BCUT2D eigenvalue weighted by molar-refractivity contribution is -0.152. The van der Waals surface area contributed by atoms with Crippen molar-refractivity contribution in [3.63, 3.8) is 0 Å². The fourth-order valence-electron chi connectivity index (χ4n) is 11.7. The van der Waals surface area contributed by atoms with Crippen LogP contribution in [0.25, 0.3) is 0 Å². The zero-order valence-electron chi connectivity index (χ0n) is 55.8. The highest BCUT2D eigenvalue weighted by molar-refractivity contribution is 6.05. The quantitative estimate of drug-likeness (QED) is 0.211. The monoisotopic (exact) mass is 1240 g/mol. The van der Waals surface area contributed by atoms with Crippen LogP contribution in [0.3, 0.4) is 0 Å². The first-order chi connectivity index (χ1) is 41.7. The SMILES string of the molecule is CC(C)C[C@H]1C(=O)N(C)[C@@H](C(C)C)C(=O)N[C@@H](Cc2ccccc2)C(=O)C[C@H](C(=O)N2CCCCC2)C(=O)N(C)CCCC(=O)C[C@@H](COC(C)(C)C)C(=O)N(C)[C@@H](CC(C)C)C(=O)N(C)[C@@H](Cc2ccccc2)C(=O)N[C@@H]([C@@H](C)O)C(=O)CCC(=O)N1C. The second-order valence-corrected chi connectivity index (χ2v) is 26.8. The minimum absolute atomic E-state index is 0.0000996. The van der Waals surface area contributed by atoms with Crippen molar-refractivity contribution in [1.29, 1.82) is 0 Å². The molecule has 2 aliphatic heterocycles. The number of likely N-dealkylation sites (N-methyl/N-ethyl adjacent to an activating group) is 4. The summed E-state index contributed by atoms with van der Waals surface area (Å²) in [6, 6.07) is 10.2. The number of carbonyl (C=O) groups is 11.